The van der Waals surface area contributed by atoms with E-state index in [4.69, 9.17) is 9.39 Å². The van der Waals surface area contributed by atoms with Crippen molar-refractivity contribution in [3.63, 3.8) is 0 Å². The van der Waals surface area contributed by atoms with Gasteiger partial charge in [-0.2, -0.15) is 5.10 Å². The first-order chi connectivity index (χ1) is 17.0. The summed E-state index contributed by atoms with van der Waals surface area (Å²) in [4.78, 5) is 17.1. The molecule has 2 unspecified atom stereocenters. The van der Waals surface area contributed by atoms with Crippen LogP contribution in [-0.2, 0) is 28.5 Å². The van der Waals surface area contributed by atoms with Gasteiger partial charge < -0.3 is 19.7 Å². The molecule has 3 aromatic rings. The predicted octanol–water partition coefficient (Wildman–Crippen LogP) is 2.43. The molecule has 2 amide bonds. The number of hydrogen-bond acceptors (Lipinski definition) is 7. The van der Waals surface area contributed by atoms with E-state index in [9.17, 15) is 14.0 Å². The minimum atomic E-state index is -1.87. The first-order valence-electron chi connectivity index (χ1n) is 11.2. The van der Waals surface area contributed by atoms with Crippen molar-refractivity contribution in [2.24, 2.45) is 0 Å². The van der Waals surface area contributed by atoms with E-state index in [0.29, 0.717) is 11.6 Å². The summed E-state index contributed by atoms with van der Waals surface area (Å²) >= 11 is 0. The number of hydrogen-bond donors (Lipinski definition) is 3. The average Bonchev–Trinajstić information content (AvgIpc) is 3.55. The van der Waals surface area contributed by atoms with E-state index in [-0.39, 0.29) is 17.7 Å². The highest BCUT2D eigenvalue weighted by molar-refractivity contribution is 7.83. The Hall–Kier alpha value is -3.48. The second-order valence-electron chi connectivity index (χ2n) is 8.20. The highest BCUT2D eigenvalue weighted by atomic mass is 32.2. The van der Waals surface area contributed by atoms with E-state index in [0.717, 1.165) is 36.0 Å². The molecular weight excluding hydrogens is 469 g/mol. The van der Waals surface area contributed by atoms with Crippen LogP contribution >= 0.6 is 0 Å². The van der Waals surface area contributed by atoms with Crippen LogP contribution in [0.25, 0.3) is 11.1 Å². The molecule has 0 saturated carbocycles. The van der Waals surface area contributed by atoms with Gasteiger partial charge in [-0.1, -0.05) is 24.2 Å². The molecule has 3 N–H and O–H groups in total. The summed E-state index contributed by atoms with van der Waals surface area (Å²) in [5.41, 5.74) is 4.65. The van der Waals surface area contributed by atoms with Crippen LogP contribution in [0.5, 0.6) is 5.88 Å². The van der Waals surface area contributed by atoms with Crippen LogP contribution in [0.4, 0.5) is 10.5 Å². The molecule has 12 heteroatoms. The monoisotopic (exact) mass is 493 g/mol. The van der Waals surface area contributed by atoms with E-state index in [1.807, 2.05) is 18.2 Å². The third-order valence-corrected chi connectivity index (χ3v) is 6.98. The lowest BCUT2D eigenvalue weighted by molar-refractivity contribution is 0.222. The number of ether oxygens (including phenoxy) is 1. The van der Waals surface area contributed by atoms with Gasteiger partial charge in [0, 0.05) is 24.0 Å². The number of amides is 2. The van der Waals surface area contributed by atoms with Crippen molar-refractivity contribution in [2.75, 3.05) is 19.0 Å². The highest BCUT2D eigenvalue weighted by Crippen LogP contribution is 2.38. The Morgan fingerprint density at radius 1 is 1.31 bits per heavy atom. The number of fused-ring (bicyclic) bond motifs is 1. The lowest BCUT2D eigenvalue weighted by Crippen LogP contribution is -2.31. The van der Waals surface area contributed by atoms with Crippen molar-refractivity contribution in [3.8, 4) is 17.0 Å². The number of nitrogens with one attached hydrogen (secondary N) is 2. The minimum absolute atomic E-state index is 0.206. The number of rotatable bonds is 6. The zero-order valence-electron chi connectivity index (χ0n) is 19.0. The van der Waals surface area contributed by atoms with Crippen LogP contribution in [0, 0.1) is 0 Å². The smallest absolute Gasteiger partial charge is 0.481 e. The maximum Gasteiger partial charge on any atom is 0.483 e. The molecular formula is C23H24BN5O5S. The van der Waals surface area contributed by atoms with Crippen LogP contribution in [-0.4, -0.2) is 50.9 Å². The molecule has 1 aromatic carbocycles. The third-order valence-electron chi connectivity index (χ3n) is 6.01. The van der Waals surface area contributed by atoms with Gasteiger partial charge in [-0.25, -0.2) is 14.0 Å². The molecule has 3 heterocycles. The number of methoxy groups -OCH3 is 1. The molecule has 0 spiro atoms. The van der Waals surface area contributed by atoms with Crippen LogP contribution in [0.2, 0.25) is 0 Å². The molecule has 0 fully saturated rings. The summed E-state index contributed by atoms with van der Waals surface area (Å²) in [6.07, 6.45) is 7.88. The Morgan fingerprint density at radius 2 is 2.20 bits per heavy atom. The highest BCUT2D eigenvalue weighted by Gasteiger charge is 2.23. The number of urea groups is 1. The topological polar surface area (TPSA) is 128 Å². The summed E-state index contributed by atoms with van der Waals surface area (Å²) in [5.74, 6) is 2.00. The Balaban J connectivity index is 1.34. The van der Waals surface area contributed by atoms with Gasteiger partial charge in [0.1, 0.15) is 0 Å². The number of benzene rings is 1. The fourth-order valence-electron chi connectivity index (χ4n) is 4.31. The van der Waals surface area contributed by atoms with E-state index < -0.39 is 24.1 Å². The first kappa shape index (κ1) is 23.3. The van der Waals surface area contributed by atoms with Gasteiger partial charge in [-0.05, 0) is 48.1 Å². The maximum absolute atomic E-state index is 12.9. The molecule has 0 saturated heterocycles. The van der Waals surface area contributed by atoms with E-state index in [1.165, 1.54) is 11.5 Å². The summed E-state index contributed by atoms with van der Waals surface area (Å²) < 4.78 is 27.3. The predicted molar refractivity (Wildman–Crippen MR) is 131 cm³/mol. The van der Waals surface area contributed by atoms with Gasteiger partial charge in [0.25, 0.3) is 0 Å². The summed E-state index contributed by atoms with van der Waals surface area (Å²) in [6, 6.07) is 8.48. The first-order valence-corrected chi connectivity index (χ1v) is 12.3. The zero-order valence-corrected chi connectivity index (χ0v) is 19.8. The SMILES string of the molecule is COc1cc(-c2ccc3c(c2NC(=O)NS(=O)c2ccn(C4C=CB(O)OC4)n2)CCC3)ccn1. The van der Waals surface area contributed by atoms with Crippen LogP contribution < -0.4 is 14.8 Å². The molecule has 10 nitrogen and oxygen atoms in total. The van der Waals surface area contributed by atoms with Crippen molar-refractivity contribution >= 4 is 29.8 Å². The van der Waals surface area contributed by atoms with Crippen LogP contribution in [0.1, 0.15) is 23.6 Å². The third kappa shape index (κ3) is 4.99. The Bertz CT molecular complexity index is 1310. The van der Waals surface area contributed by atoms with Crippen LogP contribution in [0.3, 0.4) is 0 Å². The molecule has 2 aliphatic rings. The number of carbonyl (C=O) groups excluding carboxylic acids is 1. The van der Waals surface area contributed by atoms with Crippen molar-refractivity contribution < 1.29 is 23.4 Å². The quantitative estimate of drug-likeness (QED) is 0.450. The summed E-state index contributed by atoms with van der Waals surface area (Å²) in [6.45, 7) is 0.237. The molecule has 2 atom stereocenters. The number of aromatic nitrogens is 3. The van der Waals surface area contributed by atoms with Crippen LogP contribution in [0.15, 0.2) is 59.8 Å². The van der Waals surface area contributed by atoms with Gasteiger partial charge in [0.2, 0.25) is 5.88 Å². The van der Waals surface area contributed by atoms with Crippen molar-refractivity contribution in [2.45, 2.75) is 30.3 Å². The van der Waals surface area contributed by atoms with Gasteiger partial charge >= 0.3 is 13.1 Å². The minimum Gasteiger partial charge on any atom is -0.481 e. The fraction of sp³-hybridized carbons (Fsp3) is 0.261. The van der Waals surface area contributed by atoms with Gasteiger partial charge in [-0.15, -0.1) is 0 Å². The Labute approximate surface area is 205 Å². The molecule has 35 heavy (non-hydrogen) atoms. The standard InChI is InChI=1S/C23H24BN5O5S/c1-33-20-13-16(8-11-25-20)19-6-5-15-3-2-4-18(15)22(19)26-23(30)28-35(32)21-9-12-29(27-21)17-7-10-24(31)34-14-17/h5-13,17,31H,2-4,14H2,1H3,(H2,26,28,30). The largest absolute Gasteiger partial charge is 0.483 e. The lowest BCUT2D eigenvalue weighted by Gasteiger charge is -2.19. The van der Waals surface area contributed by atoms with E-state index in [1.54, 1.807) is 36.3 Å². The molecule has 0 radical (unpaired) electrons. The summed E-state index contributed by atoms with van der Waals surface area (Å²) in [7, 11) is -1.25. The van der Waals surface area contributed by atoms with Crippen molar-refractivity contribution in [3.05, 3.63) is 65.9 Å². The number of aryl methyl sites for hydroxylation is 1. The summed E-state index contributed by atoms with van der Waals surface area (Å²) in [5, 5.41) is 16.8. The zero-order chi connectivity index (χ0) is 24.4. The molecule has 1 aliphatic carbocycles. The Morgan fingerprint density at radius 3 is 3.00 bits per heavy atom. The lowest BCUT2D eigenvalue weighted by atomic mass is 9.87. The average molecular weight is 493 g/mol. The molecule has 0 bridgehead atoms. The van der Waals surface area contributed by atoms with Crippen molar-refractivity contribution in [1.29, 1.82) is 0 Å². The molecule has 5 rings (SSSR count). The van der Waals surface area contributed by atoms with Gasteiger partial charge in [0.15, 0.2) is 16.0 Å². The second-order valence-corrected chi connectivity index (χ2v) is 9.36. The number of carbonyl (C=O) groups is 1. The Kier molecular flexibility index (Phi) is 6.67. The van der Waals surface area contributed by atoms with Gasteiger partial charge in [0.05, 0.1) is 25.4 Å². The van der Waals surface area contributed by atoms with Gasteiger partial charge in [-0.3, -0.25) is 9.40 Å². The van der Waals surface area contributed by atoms with E-state index in [2.05, 4.69) is 26.2 Å². The second kappa shape index (κ2) is 10.0. The fourth-order valence-corrected chi connectivity index (χ4v) is 4.99. The van der Waals surface area contributed by atoms with Crippen molar-refractivity contribution in [1.82, 2.24) is 19.5 Å². The normalized spacial score (nSPS) is 17.7. The van der Waals surface area contributed by atoms with E-state index >= 15 is 0 Å². The number of pyridine rings is 1. The number of anilines is 1. The maximum atomic E-state index is 12.9. The number of nitrogens with zero attached hydrogens (tertiary/aromatic N) is 3. The molecule has 1 aliphatic heterocycles. The molecule has 2 aromatic heterocycles. The molecule has 180 valence electrons.